The fourth-order valence-corrected chi connectivity index (χ4v) is 3.02. The molecule has 5 nitrogen and oxygen atoms in total. The van der Waals surface area contributed by atoms with Crippen molar-refractivity contribution in [1.29, 1.82) is 0 Å². The fourth-order valence-electron chi connectivity index (χ4n) is 3.02. The minimum absolute atomic E-state index is 0.0884. The molecule has 2 aromatic rings. The maximum Gasteiger partial charge on any atom is 0.256 e. The Morgan fingerprint density at radius 1 is 1.00 bits per heavy atom. The molecule has 0 bridgehead atoms. The van der Waals surface area contributed by atoms with E-state index < -0.39 is 0 Å². The zero-order valence-electron chi connectivity index (χ0n) is 14.6. The summed E-state index contributed by atoms with van der Waals surface area (Å²) in [4.78, 5) is 17.1. The zero-order chi connectivity index (χ0) is 17.5. The van der Waals surface area contributed by atoms with Crippen LogP contribution >= 0.6 is 0 Å². The number of piperazine rings is 1. The van der Waals surface area contributed by atoms with E-state index in [2.05, 4.69) is 39.4 Å². The van der Waals surface area contributed by atoms with Crippen LogP contribution in [0.5, 0.6) is 5.75 Å². The molecule has 1 N–H and O–H groups in total. The van der Waals surface area contributed by atoms with Gasteiger partial charge in [0.2, 0.25) is 0 Å². The summed E-state index contributed by atoms with van der Waals surface area (Å²) < 4.78 is 5.53. The van der Waals surface area contributed by atoms with Gasteiger partial charge in [-0.15, -0.1) is 0 Å². The van der Waals surface area contributed by atoms with Crippen molar-refractivity contribution in [3.05, 3.63) is 60.2 Å². The van der Waals surface area contributed by atoms with Crippen molar-refractivity contribution in [1.82, 2.24) is 10.2 Å². The van der Waals surface area contributed by atoms with Crippen molar-refractivity contribution in [3.63, 3.8) is 0 Å². The number of hydrogen-bond donors (Lipinski definition) is 1. The Morgan fingerprint density at radius 3 is 2.40 bits per heavy atom. The first-order valence-electron chi connectivity index (χ1n) is 8.80. The Kier molecular flexibility index (Phi) is 5.90. The van der Waals surface area contributed by atoms with E-state index in [0.29, 0.717) is 24.6 Å². The molecule has 1 heterocycles. The summed E-state index contributed by atoms with van der Waals surface area (Å²) in [5.74, 6) is 0.547. The number of para-hydroxylation sites is 2. The number of carbonyl (C=O) groups is 1. The van der Waals surface area contributed by atoms with Crippen molar-refractivity contribution in [2.24, 2.45) is 0 Å². The molecular formula is C20H25N3O2. The van der Waals surface area contributed by atoms with Gasteiger partial charge in [0.05, 0.1) is 18.8 Å². The van der Waals surface area contributed by atoms with Gasteiger partial charge in [0, 0.05) is 31.9 Å². The fraction of sp³-hybridized carbons (Fsp3) is 0.350. The van der Waals surface area contributed by atoms with Gasteiger partial charge in [-0.3, -0.25) is 9.69 Å². The van der Waals surface area contributed by atoms with Crippen LogP contribution in [0.4, 0.5) is 5.69 Å². The highest BCUT2D eigenvalue weighted by molar-refractivity contribution is 5.96. The van der Waals surface area contributed by atoms with Crippen LogP contribution in [-0.2, 0) is 0 Å². The van der Waals surface area contributed by atoms with E-state index in [4.69, 9.17) is 4.74 Å². The summed E-state index contributed by atoms with van der Waals surface area (Å²) >= 11 is 0. The lowest BCUT2D eigenvalue weighted by Gasteiger charge is -2.36. The molecule has 3 rings (SSSR count). The second-order valence-corrected chi connectivity index (χ2v) is 6.03. The van der Waals surface area contributed by atoms with Gasteiger partial charge in [0.15, 0.2) is 0 Å². The Balaban J connectivity index is 1.49. The molecular weight excluding hydrogens is 314 g/mol. The number of hydrogen-bond acceptors (Lipinski definition) is 4. The van der Waals surface area contributed by atoms with E-state index in [1.54, 1.807) is 6.07 Å². The standard InChI is InChI=1S/C20H25N3O2/c1-2-25-19-11-7-6-10-18(19)20(24)21-16-22-12-14-23(15-13-22)17-8-4-3-5-9-17/h3-11H,2,12-16H2,1H3,(H,21,24). The van der Waals surface area contributed by atoms with Crippen LogP contribution in [0, 0.1) is 0 Å². The molecule has 0 saturated carbocycles. The van der Waals surface area contributed by atoms with Crippen LogP contribution in [0.25, 0.3) is 0 Å². The van der Waals surface area contributed by atoms with E-state index in [1.165, 1.54) is 5.69 Å². The first kappa shape index (κ1) is 17.3. The third kappa shape index (κ3) is 4.51. The van der Waals surface area contributed by atoms with Crippen molar-refractivity contribution >= 4 is 11.6 Å². The lowest BCUT2D eigenvalue weighted by molar-refractivity contribution is 0.0916. The Morgan fingerprint density at radius 2 is 1.68 bits per heavy atom. The molecule has 1 saturated heterocycles. The maximum atomic E-state index is 12.4. The first-order chi connectivity index (χ1) is 12.3. The van der Waals surface area contributed by atoms with E-state index in [9.17, 15) is 4.79 Å². The van der Waals surface area contributed by atoms with Crippen LogP contribution in [0.1, 0.15) is 17.3 Å². The molecule has 1 fully saturated rings. The number of carbonyl (C=O) groups excluding carboxylic acids is 1. The van der Waals surface area contributed by atoms with Crippen molar-refractivity contribution in [2.75, 3.05) is 44.4 Å². The van der Waals surface area contributed by atoms with Gasteiger partial charge in [-0.25, -0.2) is 0 Å². The number of ether oxygens (including phenoxy) is 1. The van der Waals surface area contributed by atoms with Gasteiger partial charge >= 0.3 is 0 Å². The first-order valence-corrected chi connectivity index (χ1v) is 8.80. The highest BCUT2D eigenvalue weighted by Gasteiger charge is 2.18. The highest BCUT2D eigenvalue weighted by Crippen LogP contribution is 2.18. The molecule has 2 aromatic carbocycles. The van der Waals surface area contributed by atoms with Crippen molar-refractivity contribution < 1.29 is 9.53 Å². The molecule has 0 aromatic heterocycles. The van der Waals surface area contributed by atoms with E-state index in [0.717, 1.165) is 26.2 Å². The molecule has 132 valence electrons. The average molecular weight is 339 g/mol. The average Bonchev–Trinajstić information content (AvgIpc) is 2.68. The van der Waals surface area contributed by atoms with Gasteiger partial charge < -0.3 is 15.0 Å². The Hall–Kier alpha value is -2.53. The van der Waals surface area contributed by atoms with Crippen molar-refractivity contribution in [2.45, 2.75) is 6.92 Å². The number of amides is 1. The van der Waals surface area contributed by atoms with Gasteiger partial charge in [0.25, 0.3) is 5.91 Å². The summed E-state index contributed by atoms with van der Waals surface area (Å²) in [5, 5.41) is 3.01. The van der Waals surface area contributed by atoms with Gasteiger partial charge in [-0.2, -0.15) is 0 Å². The van der Waals surface area contributed by atoms with E-state index in [1.807, 2.05) is 31.2 Å². The normalized spacial score (nSPS) is 15.0. The van der Waals surface area contributed by atoms with Crippen LogP contribution in [-0.4, -0.2) is 50.3 Å². The van der Waals surface area contributed by atoms with Crippen LogP contribution in [0.2, 0.25) is 0 Å². The second kappa shape index (κ2) is 8.53. The molecule has 0 aliphatic carbocycles. The third-order valence-electron chi connectivity index (χ3n) is 4.39. The molecule has 1 aliphatic rings. The number of rotatable bonds is 6. The molecule has 0 spiro atoms. The Bertz CT molecular complexity index is 682. The number of benzene rings is 2. The third-order valence-corrected chi connectivity index (χ3v) is 4.39. The number of anilines is 1. The quantitative estimate of drug-likeness (QED) is 0.879. The SMILES string of the molecule is CCOc1ccccc1C(=O)NCN1CCN(c2ccccc2)CC1. The number of nitrogens with zero attached hydrogens (tertiary/aromatic N) is 2. The van der Waals surface area contributed by atoms with E-state index >= 15 is 0 Å². The zero-order valence-corrected chi connectivity index (χ0v) is 14.6. The minimum atomic E-state index is -0.0884. The summed E-state index contributed by atoms with van der Waals surface area (Å²) in [5.41, 5.74) is 1.85. The van der Waals surface area contributed by atoms with Gasteiger partial charge in [-0.1, -0.05) is 30.3 Å². The molecule has 1 amide bonds. The van der Waals surface area contributed by atoms with E-state index in [-0.39, 0.29) is 5.91 Å². The van der Waals surface area contributed by atoms with Gasteiger partial charge in [0.1, 0.15) is 5.75 Å². The number of nitrogens with one attached hydrogen (secondary N) is 1. The molecule has 0 unspecified atom stereocenters. The lowest BCUT2D eigenvalue weighted by Crippen LogP contribution is -2.50. The molecule has 0 atom stereocenters. The summed E-state index contributed by atoms with van der Waals surface area (Å²) in [6.07, 6.45) is 0. The minimum Gasteiger partial charge on any atom is -0.493 e. The van der Waals surface area contributed by atoms with Gasteiger partial charge in [-0.05, 0) is 31.2 Å². The highest BCUT2D eigenvalue weighted by atomic mass is 16.5. The summed E-state index contributed by atoms with van der Waals surface area (Å²) in [7, 11) is 0. The Labute approximate surface area is 149 Å². The topological polar surface area (TPSA) is 44.8 Å². The smallest absolute Gasteiger partial charge is 0.256 e. The van der Waals surface area contributed by atoms with Crippen LogP contribution in [0.15, 0.2) is 54.6 Å². The monoisotopic (exact) mass is 339 g/mol. The molecule has 5 heteroatoms. The summed E-state index contributed by atoms with van der Waals surface area (Å²) in [6, 6.07) is 17.8. The molecule has 25 heavy (non-hydrogen) atoms. The van der Waals surface area contributed by atoms with Crippen LogP contribution < -0.4 is 15.0 Å². The summed E-state index contributed by atoms with van der Waals surface area (Å²) in [6.45, 7) is 6.82. The largest absolute Gasteiger partial charge is 0.493 e. The molecule has 0 radical (unpaired) electrons. The van der Waals surface area contributed by atoms with Crippen molar-refractivity contribution in [3.8, 4) is 5.75 Å². The lowest BCUT2D eigenvalue weighted by atomic mass is 10.2. The molecule has 1 aliphatic heterocycles. The second-order valence-electron chi connectivity index (χ2n) is 6.03. The van der Waals surface area contributed by atoms with Crippen LogP contribution in [0.3, 0.4) is 0 Å². The predicted octanol–water partition coefficient (Wildman–Crippen LogP) is 2.59. The predicted molar refractivity (Wildman–Crippen MR) is 100 cm³/mol. The maximum absolute atomic E-state index is 12.4.